The van der Waals surface area contributed by atoms with E-state index in [4.69, 9.17) is 4.74 Å². The lowest BCUT2D eigenvalue weighted by Crippen LogP contribution is -2.45. The first-order valence-corrected chi connectivity index (χ1v) is 10.4. The summed E-state index contributed by atoms with van der Waals surface area (Å²) in [5.74, 6) is 0.904. The van der Waals surface area contributed by atoms with Gasteiger partial charge in [-0.05, 0) is 30.5 Å². The van der Waals surface area contributed by atoms with E-state index < -0.39 is 0 Å². The fourth-order valence-corrected chi connectivity index (χ4v) is 3.94. The van der Waals surface area contributed by atoms with E-state index in [1.807, 2.05) is 51.1 Å². The molecule has 2 aromatic carbocycles. The molecule has 2 heterocycles. The zero-order valence-corrected chi connectivity index (χ0v) is 17.8. The zero-order valence-electron chi connectivity index (χ0n) is 17.8. The third-order valence-electron chi connectivity index (χ3n) is 5.75. The van der Waals surface area contributed by atoms with Crippen molar-refractivity contribution in [1.29, 1.82) is 0 Å². The number of carbonyl (C=O) groups excluding carboxylic acids is 1. The third-order valence-corrected chi connectivity index (χ3v) is 5.75. The van der Waals surface area contributed by atoms with Gasteiger partial charge in [-0.1, -0.05) is 50.2 Å². The Balaban J connectivity index is 1.67. The number of amides is 1. The molecular formula is C24H27N3O3. The molecule has 1 aliphatic heterocycles. The van der Waals surface area contributed by atoms with E-state index in [2.05, 4.69) is 11.2 Å². The minimum atomic E-state index is -0.212. The summed E-state index contributed by atoms with van der Waals surface area (Å²) in [6.07, 6.45) is 0.639. The van der Waals surface area contributed by atoms with E-state index in [1.54, 1.807) is 24.1 Å². The molecule has 2 atom stereocenters. The van der Waals surface area contributed by atoms with E-state index in [-0.39, 0.29) is 29.5 Å². The molecule has 6 heteroatoms. The molecule has 156 valence electrons. The number of aromatic nitrogens is 2. The van der Waals surface area contributed by atoms with Gasteiger partial charge in [0.15, 0.2) is 5.69 Å². The summed E-state index contributed by atoms with van der Waals surface area (Å²) in [7, 11) is 1.77. The van der Waals surface area contributed by atoms with Gasteiger partial charge >= 0.3 is 0 Å². The molecule has 6 nitrogen and oxygen atoms in total. The Morgan fingerprint density at radius 2 is 1.80 bits per heavy atom. The van der Waals surface area contributed by atoms with Crippen LogP contribution in [0.15, 0.2) is 53.3 Å². The van der Waals surface area contributed by atoms with Gasteiger partial charge in [0.1, 0.15) is 11.9 Å². The lowest BCUT2D eigenvalue weighted by molar-refractivity contribution is 0.0592. The third kappa shape index (κ3) is 3.58. The molecular weight excluding hydrogens is 378 g/mol. The van der Waals surface area contributed by atoms with Crippen LogP contribution in [0.4, 0.5) is 0 Å². The number of hydrogen-bond donors (Lipinski definition) is 0. The van der Waals surface area contributed by atoms with Crippen molar-refractivity contribution in [3.05, 3.63) is 70.1 Å². The van der Waals surface area contributed by atoms with E-state index in [0.717, 1.165) is 17.7 Å². The van der Waals surface area contributed by atoms with Crippen LogP contribution >= 0.6 is 0 Å². The number of benzene rings is 2. The van der Waals surface area contributed by atoms with Crippen molar-refractivity contribution in [2.45, 2.75) is 45.9 Å². The fourth-order valence-electron chi connectivity index (χ4n) is 3.94. The maximum Gasteiger partial charge on any atom is 0.275 e. The molecule has 0 bridgehead atoms. The molecule has 0 N–H and O–H groups in total. The van der Waals surface area contributed by atoms with Crippen molar-refractivity contribution >= 4 is 16.7 Å². The lowest BCUT2D eigenvalue weighted by Gasteiger charge is -2.29. The molecule has 1 aliphatic rings. The number of fused-ring (bicyclic) bond motifs is 2. The molecule has 0 fully saturated rings. The molecule has 4 rings (SSSR count). The van der Waals surface area contributed by atoms with Crippen LogP contribution in [-0.4, -0.2) is 39.8 Å². The van der Waals surface area contributed by atoms with E-state index in [1.165, 1.54) is 4.68 Å². The molecule has 1 amide bonds. The van der Waals surface area contributed by atoms with Gasteiger partial charge in [-0.15, -0.1) is 0 Å². The van der Waals surface area contributed by atoms with Crippen molar-refractivity contribution < 1.29 is 9.53 Å². The van der Waals surface area contributed by atoms with Gasteiger partial charge in [-0.25, -0.2) is 4.68 Å². The first kappa shape index (κ1) is 20.1. The Morgan fingerprint density at radius 3 is 2.50 bits per heavy atom. The smallest absolute Gasteiger partial charge is 0.275 e. The average molecular weight is 405 g/mol. The molecule has 3 aromatic rings. The van der Waals surface area contributed by atoms with Crippen LogP contribution < -0.4 is 10.3 Å². The maximum atomic E-state index is 13.5. The second-order valence-electron chi connectivity index (χ2n) is 8.40. The Morgan fingerprint density at radius 1 is 1.13 bits per heavy atom. The molecule has 30 heavy (non-hydrogen) atoms. The fraction of sp³-hybridized carbons (Fsp3) is 0.375. The van der Waals surface area contributed by atoms with Crippen LogP contribution in [0.1, 0.15) is 36.8 Å². The monoisotopic (exact) mass is 405 g/mol. The minimum Gasteiger partial charge on any atom is -0.488 e. The summed E-state index contributed by atoms with van der Waals surface area (Å²) < 4.78 is 7.51. The molecule has 1 aromatic heterocycles. The molecule has 0 aliphatic carbocycles. The van der Waals surface area contributed by atoms with E-state index in [9.17, 15) is 9.59 Å². The highest BCUT2D eigenvalue weighted by molar-refractivity contribution is 6.04. The number of para-hydroxylation sites is 1. The molecule has 0 saturated heterocycles. The SMILES string of the molecule is CC(C)Cn1nc(C(=O)N(C)C(C)C2Cc3ccccc3O2)c2ccccc2c1=O. The van der Waals surface area contributed by atoms with Crippen LogP contribution in [-0.2, 0) is 13.0 Å². The minimum absolute atomic E-state index is 0.121. The summed E-state index contributed by atoms with van der Waals surface area (Å²) in [5, 5.41) is 5.58. The van der Waals surface area contributed by atoms with Gasteiger partial charge in [0.2, 0.25) is 0 Å². The maximum absolute atomic E-state index is 13.5. The van der Waals surface area contributed by atoms with E-state index in [0.29, 0.717) is 23.0 Å². The topological polar surface area (TPSA) is 64.4 Å². The standard InChI is InChI=1S/C24H27N3O3/c1-15(2)14-27-23(28)19-11-7-6-10-18(19)22(25-27)24(29)26(4)16(3)21-13-17-9-5-8-12-20(17)30-21/h5-12,15-16,21H,13-14H2,1-4H3. The summed E-state index contributed by atoms with van der Waals surface area (Å²) in [6, 6.07) is 15.0. The van der Waals surface area contributed by atoms with Gasteiger partial charge in [0.05, 0.1) is 11.4 Å². The Bertz CT molecular complexity index is 1130. The van der Waals surface area contributed by atoms with Crippen molar-refractivity contribution in [2.24, 2.45) is 5.92 Å². The number of ether oxygens (including phenoxy) is 1. The average Bonchev–Trinajstić information content (AvgIpc) is 3.18. The summed E-state index contributed by atoms with van der Waals surface area (Å²) in [5.41, 5.74) is 1.29. The number of nitrogens with zero attached hydrogens (tertiary/aromatic N) is 3. The van der Waals surface area contributed by atoms with Gasteiger partial charge in [-0.2, -0.15) is 5.10 Å². The molecule has 0 saturated carbocycles. The second-order valence-corrected chi connectivity index (χ2v) is 8.40. The van der Waals surface area contributed by atoms with Crippen LogP contribution in [0.2, 0.25) is 0 Å². The molecule has 0 radical (unpaired) electrons. The number of hydrogen-bond acceptors (Lipinski definition) is 4. The first-order valence-electron chi connectivity index (χ1n) is 10.4. The lowest BCUT2D eigenvalue weighted by atomic mass is 10.0. The predicted molar refractivity (Wildman–Crippen MR) is 117 cm³/mol. The van der Waals surface area contributed by atoms with Crippen LogP contribution in [0.5, 0.6) is 5.75 Å². The van der Waals surface area contributed by atoms with Crippen LogP contribution in [0, 0.1) is 5.92 Å². The van der Waals surface area contributed by atoms with Gasteiger partial charge in [0.25, 0.3) is 11.5 Å². The number of likely N-dealkylation sites (N-methyl/N-ethyl adjacent to an activating group) is 1. The van der Waals surface area contributed by atoms with Crippen molar-refractivity contribution in [1.82, 2.24) is 14.7 Å². The zero-order chi connectivity index (χ0) is 21.4. The Hall–Kier alpha value is -3.15. The highest BCUT2D eigenvalue weighted by Crippen LogP contribution is 2.31. The normalized spacial score (nSPS) is 16.4. The van der Waals surface area contributed by atoms with Crippen molar-refractivity contribution in [2.75, 3.05) is 7.05 Å². The Labute approximate surface area is 176 Å². The highest BCUT2D eigenvalue weighted by Gasteiger charge is 2.33. The van der Waals surface area contributed by atoms with Crippen molar-refractivity contribution in [3.8, 4) is 5.75 Å². The van der Waals surface area contributed by atoms with Gasteiger partial charge in [-0.3, -0.25) is 9.59 Å². The van der Waals surface area contributed by atoms with Gasteiger partial charge in [0, 0.05) is 25.4 Å². The van der Waals surface area contributed by atoms with Crippen LogP contribution in [0.3, 0.4) is 0 Å². The quantitative estimate of drug-likeness (QED) is 0.652. The number of carbonyl (C=O) groups is 1. The molecule has 0 spiro atoms. The predicted octanol–water partition coefficient (Wildman–Crippen LogP) is 3.52. The van der Waals surface area contributed by atoms with Crippen molar-refractivity contribution in [3.63, 3.8) is 0 Å². The Kier molecular flexibility index (Phi) is 5.33. The van der Waals surface area contributed by atoms with Crippen LogP contribution in [0.25, 0.3) is 10.8 Å². The second kappa shape index (κ2) is 7.94. The van der Waals surface area contributed by atoms with Gasteiger partial charge < -0.3 is 9.64 Å². The molecule has 2 unspecified atom stereocenters. The largest absolute Gasteiger partial charge is 0.488 e. The number of rotatable bonds is 5. The highest BCUT2D eigenvalue weighted by atomic mass is 16.5. The first-order chi connectivity index (χ1) is 14.4. The summed E-state index contributed by atoms with van der Waals surface area (Å²) >= 11 is 0. The summed E-state index contributed by atoms with van der Waals surface area (Å²) in [6.45, 7) is 6.49. The van der Waals surface area contributed by atoms with E-state index >= 15 is 0 Å². The summed E-state index contributed by atoms with van der Waals surface area (Å²) in [4.78, 5) is 28.0.